The molecular weight excluding hydrogens is 392 g/mol. The van der Waals surface area contributed by atoms with Crippen molar-refractivity contribution in [2.75, 3.05) is 5.75 Å². The second-order valence-electron chi connectivity index (χ2n) is 6.86. The first-order valence-corrected chi connectivity index (χ1v) is 11.1. The van der Waals surface area contributed by atoms with Crippen molar-refractivity contribution in [3.8, 4) is 11.9 Å². The summed E-state index contributed by atoms with van der Waals surface area (Å²) in [5, 5.41) is 12.0. The Morgan fingerprint density at radius 1 is 1.14 bits per heavy atom. The van der Waals surface area contributed by atoms with Crippen LogP contribution in [0.3, 0.4) is 0 Å². The van der Waals surface area contributed by atoms with Crippen LogP contribution in [-0.2, 0) is 14.6 Å². The van der Waals surface area contributed by atoms with Crippen molar-refractivity contribution in [2.24, 2.45) is 0 Å². The van der Waals surface area contributed by atoms with Crippen molar-refractivity contribution in [1.29, 1.82) is 5.26 Å². The second kappa shape index (κ2) is 9.47. The lowest BCUT2D eigenvalue weighted by atomic mass is 9.93. The number of benzene rings is 1. The molecule has 8 nitrogen and oxygen atoms in total. The summed E-state index contributed by atoms with van der Waals surface area (Å²) in [5.41, 5.74) is 0.155. The number of nitrogens with one attached hydrogen (secondary N) is 1. The van der Waals surface area contributed by atoms with Gasteiger partial charge in [-0.15, -0.1) is 0 Å². The Kier molecular flexibility index (Phi) is 6.77. The van der Waals surface area contributed by atoms with E-state index in [1.54, 1.807) is 18.2 Å². The SMILES string of the molecule is N#Cc1nccnc1OC1CCC(NC(=O)CCS(=O)(=O)c2ccccc2)CC1. The molecule has 0 unspecified atom stereocenters. The minimum absolute atomic E-state index is 0.0147. The lowest BCUT2D eigenvalue weighted by Gasteiger charge is -2.29. The fraction of sp³-hybridized carbons (Fsp3) is 0.400. The molecule has 1 aliphatic rings. The molecule has 9 heteroatoms. The van der Waals surface area contributed by atoms with E-state index >= 15 is 0 Å². The molecule has 1 aliphatic carbocycles. The van der Waals surface area contributed by atoms with Crippen LogP contribution in [0.5, 0.6) is 5.88 Å². The van der Waals surface area contributed by atoms with Crippen LogP contribution < -0.4 is 10.1 Å². The Hall–Kier alpha value is -2.99. The summed E-state index contributed by atoms with van der Waals surface area (Å²) < 4.78 is 30.3. The van der Waals surface area contributed by atoms with Gasteiger partial charge in [-0.3, -0.25) is 4.79 Å². The first kappa shape index (κ1) is 20.7. The Balaban J connectivity index is 1.43. The summed E-state index contributed by atoms with van der Waals surface area (Å²) in [7, 11) is -3.47. The number of carbonyl (C=O) groups excluding carboxylic acids is 1. The monoisotopic (exact) mass is 414 g/mol. The van der Waals surface area contributed by atoms with Gasteiger partial charge in [0.15, 0.2) is 9.84 Å². The van der Waals surface area contributed by atoms with Crippen molar-refractivity contribution >= 4 is 15.7 Å². The van der Waals surface area contributed by atoms with Crippen molar-refractivity contribution in [3.05, 3.63) is 48.4 Å². The summed E-state index contributed by atoms with van der Waals surface area (Å²) in [4.78, 5) is 20.4. The number of hydrogen-bond acceptors (Lipinski definition) is 7. The maximum absolute atomic E-state index is 12.3. The number of sulfone groups is 1. The molecule has 1 fully saturated rings. The van der Waals surface area contributed by atoms with Crippen molar-refractivity contribution in [1.82, 2.24) is 15.3 Å². The highest BCUT2D eigenvalue weighted by atomic mass is 32.2. The predicted octanol–water partition coefficient (Wildman–Crippen LogP) is 2.02. The second-order valence-corrected chi connectivity index (χ2v) is 8.97. The highest BCUT2D eigenvalue weighted by Gasteiger charge is 2.25. The van der Waals surface area contributed by atoms with Gasteiger partial charge in [-0.2, -0.15) is 5.26 Å². The number of nitriles is 1. The van der Waals surface area contributed by atoms with Crippen LogP contribution in [0.4, 0.5) is 0 Å². The molecule has 0 aliphatic heterocycles. The number of amides is 1. The Morgan fingerprint density at radius 3 is 2.52 bits per heavy atom. The zero-order valence-electron chi connectivity index (χ0n) is 15.8. The van der Waals surface area contributed by atoms with E-state index in [2.05, 4.69) is 15.3 Å². The number of hydrogen-bond donors (Lipinski definition) is 1. The predicted molar refractivity (Wildman–Crippen MR) is 105 cm³/mol. The zero-order chi connectivity index (χ0) is 20.7. The summed E-state index contributed by atoms with van der Waals surface area (Å²) in [6.07, 6.45) is 5.59. The number of ether oxygens (including phenoxy) is 1. The lowest BCUT2D eigenvalue weighted by molar-refractivity contribution is -0.121. The fourth-order valence-corrected chi connectivity index (χ4v) is 4.51. The van der Waals surface area contributed by atoms with Crippen LogP contribution in [0.25, 0.3) is 0 Å². The van der Waals surface area contributed by atoms with Gasteiger partial charge in [0.05, 0.1) is 10.6 Å². The quantitative estimate of drug-likeness (QED) is 0.735. The third kappa shape index (κ3) is 5.74. The van der Waals surface area contributed by atoms with Crippen LogP contribution in [0.2, 0.25) is 0 Å². The van der Waals surface area contributed by atoms with Crippen molar-refractivity contribution < 1.29 is 17.9 Å². The van der Waals surface area contributed by atoms with Gasteiger partial charge in [-0.05, 0) is 37.8 Å². The van der Waals surface area contributed by atoms with Gasteiger partial charge >= 0.3 is 0 Å². The first-order chi connectivity index (χ1) is 14.0. The van der Waals surface area contributed by atoms with Gasteiger partial charge in [0, 0.05) is 24.9 Å². The molecule has 1 heterocycles. The minimum Gasteiger partial charge on any atom is -0.472 e. The maximum atomic E-state index is 12.3. The molecule has 0 bridgehead atoms. The van der Waals surface area contributed by atoms with Crippen LogP contribution in [0.1, 0.15) is 37.8 Å². The van der Waals surface area contributed by atoms with Crippen molar-refractivity contribution in [3.63, 3.8) is 0 Å². The average molecular weight is 414 g/mol. The number of rotatable bonds is 7. The van der Waals surface area contributed by atoms with Crippen molar-refractivity contribution in [2.45, 2.75) is 49.1 Å². The van der Waals surface area contributed by atoms with E-state index in [1.807, 2.05) is 6.07 Å². The smallest absolute Gasteiger partial charge is 0.251 e. The molecule has 3 rings (SSSR count). The van der Waals surface area contributed by atoms with E-state index in [4.69, 9.17) is 10.00 Å². The molecule has 0 radical (unpaired) electrons. The molecule has 1 aromatic heterocycles. The molecule has 0 atom stereocenters. The molecule has 29 heavy (non-hydrogen) atoms. The third-order valence-corrected chi connectivity index (χ3v) is 6.52. The molecule has 1 saturated carbocycles. The van der Waals surface area contributed by atoms with Crippen LogP contribution >= 0.6 is 0 Å². The highest BCUT2D eigenvalue weighted by molar-refractivity contribution is 7.91. The van der Waals surface area contributed by atoms with Gasteiger partial charge < -0.3 is 10.1 Å². The molecule has 2 aromatic rings. The normalized spacial score (nSPS) is 19.1. The number of aromatic nitrogens is 2. The Morgan fingerprint density at radius 2 is 1.83 bits per heavy atom. The van der Waals surface area contributed by atoms with Gasteiger partial charge in [0.2, 0.25) is 11.6 Å². The van der Waals surface area contributed by atoms with E-state index in [9.17, 15) is 13.2 Å². The van der Waals surface area contributed by atoms with E-state index in [0.29, 0.717) is 25.7 Å². The molecular formula is C20H22N4O4S. The summed E-state index contributed by atoms with van der Waals surface area (Å²) >= 11 is 0. The molecule has 0 saturated heterocycles. The van der Waals surface area contributed by atoms with Gasteiger partial charge in [-0.1, -0.05) is 18.2 Å². The van der Waals surface area contributed by atoms with E-state index in [1.165, 1.54) is 24.5 Å². The van der Waals surface area contributed by atoms with Gasteiger partial charge in [0.25, 0.3) is 5.88 Å². The largest absolute Gasteiger partial charge is 0.472 e. The Bertz CT molecular complexity index is 981. The summed E-state index contributed by atoms with van der Waals surface area (Å²) in [5.74, 6) is -0.256. The van der Waals surface area contributed by atoms with E-state index < -0.39 is 9.84 Å². The number of carbonyl (C=O) groups is 1. The van der Waals surface area contributed by atoms with E-state index in [0.717, 1.165) is 0 Å². The molecule has 1 N–H and O–H groups in total. The maximum Gasteiger partial charge on any atom is 0.251 e. The van der Waals surface area contributed by atoms with E-state index in [-0.39, 0.29) is 46.7 Å². The van der Waals surface area contributed by atoms with Crippen LogP contribution in [-0.4, -0.2) is 42.2 Å². The van der Waals surface area contributed by atoms with Gasteiger partial charge in [-0.25, -0.2) is 18.4 Å². The standard InChI is InChI=1S/C20H22N4O4S/c21-14-18-20(23-12-11-22-18)28-16-8-6-15(7-9-16)24-19(25)10-13-29(26,27)17-4-2-1-3-5-17/h1-5,11-12,15-16H,6-10,13H2,(H,24,25). The average Bonchev–Trinajstić information content (AvgIpc) is 2.75. The molecule has 1 amide bonds. The topological polar surface area (TPSA) is 122 Å². The zero-order valence-corrected chi connectivity index (χ0v) is 16.6. The molecule has 1 aromatic carbocycles. The number of nitrogens with zero attached hydrogens (tertiary/aromatic N) is 3. The van der Waals surface area contributed by atoms with Crippen LogP contribution in [0.15, 0.2) is 47.6 Å². The molecule has 0 spiro atoms. The lowest BCUT2D eigenvalue weighted by Crippen LogP contribution is -2.40. The fourth-order valence-electron chi connectivity index (χ4n) is 3.24. The Labute approximate surface area is 169 Å². The molecule has 152 valence electrons. The highest BCUT2D eigenvalue weighted by Crippen LogP contribution is 2.24. The van der Waals surface area contributed by atoms with Crippen LogP contribution in [0, 0.1) is 11.3 Å². The summed E-state index contributed by atoms with van der Waals surface area (Å²) in [6.45, 7) is 0. The first-order valence-electron chi connectivity index (χ1n) is 9.43. The van der Waals surface area contributed by atoms with Gasteiger partial charge in [0.1, 0.15) is 12.2 Å². The minimum atomic E-state index is -3.47. The summed E-state index contributed by atoms with van der Waals surface area (Å²) in [6, 6.07) is 10.1. The third-order valence-electron chi connectivity index (χ3n) is 4.79.